The maximum absolute atomic E-state index is 15.3. The minimum Gasteiger partial charge on any atom is -0.382 e. The molecule has 0 atom stereocenters. The van der Waals surface area contributed by atoms with Crippen molar-refractivity contribution in [2.45, 2.75) is 6.92 Å². The predicted molar refractivity (Wildman–Crippen MR) is 127 cm³/mol. The summed E-state index contributed by atoms with van der Waals surface area (Å²) in [5, 5.41) is 6.91. The summed E-state index contributed by atoms with van der Waals surface area (Å²) < 4.78 is 15.3. The average molecular weight is 475 g/mol. The summed E-state index contributed by atoms with van der Waals surface area (Å²) in [7, 11) is 1.83. The SMILES string of the molecule is CCN1C(=O)N(c2ncc(NCCNC)cc2F)c2cc(Cl)ccc2-c2cc(Cl)cnc21. The van der Waals surface area contributed by atoms with Gasteiger partial charge in [0.2, 0.25) is 0 Å². The lowest BCUT2D eigenvalue weighted by Crippen LogP contribution is -2.41. The van der Waals surface area contributed by atoms with Crippen LogP contribution in [0.2, 0.25) is 10.0 Å². The fourth-order valence-corrected chi connectivity index (χ4v) is 3.91. The highest BCUT2D eigenvalue weighted by molar-refractivity contribution is 6.32. The van der Waals surface area contributed by atoms with Crippen molar-refractivity contribution in [3.05, 3.63) is 58.6 Å². The lowest BCUT2D eigenvalue weighted by molar-refractivity contribution is 0.253. The minimum atomic E-state index is -0.647. The molecule has 0 unspecified atom stereocenters. The van der Waals surface area contributed by atoms with Crippen LogP contribution in [0.15, 0.2) is 42.7 Å². The molecule has 7 nitrogen and oxygen atoms in total. The van der Waals surface area contributed by atoms with Gasteiger partial charge in [-0.15, -0.1) is 0 Å². The third-order valence-electron chi connectivity index (χ3n) is 5.06. The van der Waals surface area contributed by atoms with E-state index in [-0.39, 0.29) is 5.82 Å². The van der Waals surface area contributed by atoms with Gasteiger partial charge in [0.15, 0.2) is 11.6 Å². The lowest BCUT2D eigenvalue weighted by Gasteiger charge is -2.27. The predicted octanol–water partition coefficient (Wildman–Crippen LogP) is 5.32. The van der Waals surface area contributed by atoms with E-state index in [2.05, 4.69) is 20.6 Å². The van der Waals surface area contributed by atoms with Crippen molar-refractivity contribution in [2.75, 3.05) is 41.8 Å². The van der Waals surface area contributed by atoms with Crippen molar-refractivity contribution in [1.29, 1.82) is 0 Å². The molecular formula is C22H21Cl2FN6O. The molecule has 10 heteroatoms. The molecule has 2 aromatic heterocycles. The Morgan fingerprint density at radius 2 is 1.78 bits per heavy atom. The summed E-state index contributed by atoms with van der Waals surface area (Å²) >= 11 is 12.5. The zero-order chi connectivity index (χ0) is 22.8. The number of nitrogens with zero attached hydrogens (tertiary/aromatic N) is 4. The number of anilines is 4. The normalized spacial score (nSPS) is 13.0. The van der Waals surface area contributed by atoms with Crippen LogP contribution < -0.4 is 20.4 Å². The Balaban J connectivity index is 1.88. The Bertz CT molecular complexity index is 1180. The number of aromatic nitrogens is 2. The van der Waals surface area contributed by atoms with Crippen molar-refractivity contribution >= 4 is 52.2 Å². The highest BCUT2D eigenvalue weighted by Crippen LogP contribution is 2.45. The largest absolute Gasteiger partial charge is 0.382 e. The number of nitrogens with one attached hydrogen (secondary N) is 2. The molecule has 2 N–H and O–H groups in total. The van der Waals surface area contributed by atoms with E-state index in [1.165, 1.54) is 28.3 Å². The van der Waals surface area contributed by atoms with Gasteiger partial charge >= 0.3 is 6.03 Å². The number of hydrogen-bond acceptors (Lipinski definition) is 5. The summed E-state index contributed by atoms with van der Waals surface area (Å²) in [4.78, 5) is 25.0. The first kappa shape index (κ1) is 22.3. The maximum atomic E-state index is 15.3. The van der Waals surface area contributed by atoms with Crippen LogP contribution in [0.5, 0.6) is 0 Å². The van der Waals surface area contributed by atoms with E-state index >= 15 is 4.39 Å². The van der Waals surface area contributed by atoms with Crippen LogP contribution in [0.1, 0.15) is 6.92 Å². The van der Waals surface area contributed by atoms with E-state index < -0.39 is 11.8 Å². The Kier molecular flexibility index (Phi) is 6.45. The van der Waals surface area contributed by atoms with Gasteiger partial charge in [0, 0.05) is 48.0 Å². The monoisotopic (exact) mass is 474 g/mol. The minimum absolute atomic E-state index is 0.130. The first-order valence-corrected chi connectivity index (χ1v) is 10.8. The van der Waals surface area contributed by atoms with E-state index in [1.54, 1.807) is 24.3 Å². The summed E-state index contributed by atoms with van der Waals surface area (Å²) in [6.45, 7) is 3.43. The number of halogens is 3. The van der Waals surface area contributed by atoms with Gasteiger partial charge in [0.05, 0.1) is 22.6 Å². The Morgan fingerprint density at radius 3 is 2.50 bits per heavy atom. The number of urea groups is 1. The average Bonchev–Trinajstić information content (AvgIpc) is 2.86. The molecule has 3 heterocycles. The molecule has 0 aliphatic carbocycles. The van der Waals surface area contributed by atoms with Crippen molar-refractivity contribution in [1.82, 2.24) is 15.3 Å². The van der Waals surface area contributed by atoms with E-state index in [0.717, 1.165) is 0 Å². The van der Waals surface area contributed by atoms with E-state index in [0.29, 0.717) is 58.0 Å². The smallest absolute Gasteiger partial charge is 0.336 e. The van der Waals surface area contributed by atoms with Gasteiger partial charge in [-0.3, -0.25) is 4.90 Å². The van der Waals surface area contributed by atoms with Crippen molar-refractivity contribution in [3.8, 4) is 11.1 Å². The number of benzene rings is 1. The molecule has 1 aromatic carbocycles. The molecule has 0 fully saturated rings. The molecule has 3 aromatic rings. The summed E-state index contributed by atoms with van der Waals surface area (Å²) in [6.07, 6.45) is 2.97. The molecule has 0 saturated carbocycles. The van der Waals surface area contributed by atoms with Crippen molar-refractivity contribution in [3.63, 3.8) is 0 Å². The molecule has 0 bridgehead atoms. The van der Waals surface area contributed by atoms with E-state index in [9.17, 15) is 4.79 Å². The Hall–Kier alpha value is -2.94. The van der Waals surface area contributed by atoms with Crippen LogP contribution in [0.4, 0.5) is 32.2 Å². The standard InChI is InChI=1S/C22H21Cl2FN6O/c1-3-30-20-17(8-14(24)11-28-20)16-5-4-13(23)9-19(16)31(22(30)32)21-18(25)10-15(12-29-21)27-7-6-26-2/h4-5,8-12,26-27H,3,6-7H2,1-2H3. The molecule has 32 heavy (non-hydrogen) atoms. The van der Waals surface area contributed by atoms with Gasteiger partial charge in [0.25, 0.3) is 0 Å². The molecule has 0 radical (unpaired) electrons. The number of hydrogen-bond donors (Lipinski definition) is 2. The van der Waals surface area contributed by atoms with Crippen LogP contribution in [-0.4, -0.2) is 42.7 Å². The molecule has 1 aliphatic rings. The third kappa shape index (κ3) is 4.09. The van der Waals surface area contributed by atoms with Crippen molar-refractivity contribution < 1.29 is 9.18 Å². The fraction of sp³-hybridized carbons (Fsp3) is 0.227. The third-order valence-corrected chi connectivity index (χ3v) is 5.50. The number of rotatable bonds is 6. The lowest BCUT2D eigenvalue weighted by atomic mass is 10.0. The van der Waals surface area contributed by atoms with Crippen LogP contribution in [0.25, 0.3) is 11.1 Å². The molecule has 4 rings (SSSR count). The van der Waals surface area contributed by atoms with Gasteiger partial charge in [-0.25, -0.2) is 24.1 Å². The maximum Gasteiger partial charge on any atom is 0.336 e. The van der Waals surface area contributed by atoms with Gasteiger partial charge in [0.1, 0.15) is 5.82 Å². The second kappa shape index (κ2) is 9.28. The molecule has 2 amide bonds. The number of carbonyl (C=O) groups is 1. The van der Waals surface area contributed by atoms with Crippen LogP contribution in [0.3, 0.4) is 0 Å². The second-order valence-electron chi connectivity index (χ2n) is 7.11. The second-order valence-corrected chi connectivity index (χ2v) is 7.98. The highest BCUT2D eigenvalue weighted by atomic mass is 35.5. The van der Waals surface area contributed by atoms with Gasteiger partial charge in [-0.2, -0.15) is 0 Å². The van der Waals surface area contributed by atoms with Gasteiger partial charge in [-0.1, -0.05) is 29.3 Å². The molecular weight excluding hydrogens is 454 g/mol. The summed E-state index contributed by atoms with van der Waals surface area (Å²) in [5.74, 6) is -0.347. The van der Waals surface area contributed by atoms with Gasteiger partial charge in [-0.05, 0) is 32.2 Å². The molecule has 0 spiro atoms. The van der Waals surface area contributed by atoms with E-state index in [1.807, 2.05) is 14.0 Å². The van der Waals surface area contributed by atoms with Crippen LogP contribution in [0, 0.1) is 5.82 Å². The molecule has 166 valence electrons. The highest BCUT2D eigenvalue weighted by Gasteiger charge is 2.35. The Labute approximate surface area is 195 Å². The zero-order valence-corrected chi connectivity index (χ0v) is 19.0. The van der Waals surface area contributed by atoms with Gasteiger partial charge < -0.3 is 10.6 Å². The first-order chi connectivity index (χ1) is 15.4. The van der Waals surface area contributed by atoms with E-state index in [4.69, 9.17) is 23.2 Å². The topological polar surface area (TPSA) is 73.4 Å². The summed E-state index contributed by atoms with van der Waals surface area (Å²) in [5.41, 5.74) is 2.19. The van der Waals surface area contributed by atoms with Crippen LogP contribution in [-0.2, 0) is 0 Å². The summed E-state index contributed by atoms with van der Waals surface area (Å²) in [6, 6.07) is 7.63. The number of likely N-dealkylation sites (N-methyl/N-ethyl adjacent to an activating group) is 1. The number of pyridine rings is 2. The number of fused-ring (bicyclic) bond motifs is 3. The number of amides is 2. The zero-order valence-electron chi connectivity index (χ0n) is 17.5. The Morgan fingerprint density at radius 1 is 1.00 bits per heavy atom. The number of carbonyl (C=O) groups excluding carboxylic acids is 1. The van der Waals surface area contributed by atoms with Crippen molar-refractivity contribution in [2.24, 2.45) is 0 Å². The first-order valence-electron chi connectivity index (χ1n) is 10.1. The molecule has 1 aliphatic heterocycles. The quantitative estimate of drug-likeness (QED) is 0.473. The molecule has 0 saturated heterocycles. The fourth-order valence-electron chi connectivity index (χ4n) is 3.59. The van der Waals surface area contributed by atoms with Crippen LogP contribution >= 0.6 is 23.2 Å².